The quantitative estimate of drug-likeness (QED) is 0.499. The van der Waals surface area contributed by atoms with Crippen molar-refractivity contribution in [2.75, 3.05) is 4.72 Å². The first-order valence-corrected chi connectivity index (χ1v) is 10.4. The monoisotopic (exact) mass is 426 g/mol. The van der Waals surface area contributed by atoms with Crippen molar-refractivity contribution >= 4 is 38.2 Å². The fourth-order valence-electron chi connectivity index (χ4n) is 2.77. The minimum Gasteiger partial charge on any atom is -0.470 e. The summed E-state index contributed by atoms with van der Waals surface area (Å²) in [5, 5.41) is 1.49. The summed E-state index contributed by atoms with van der Waals surface area (Å²) in [4.78, 5) is 12.3. The molecule has 0 saturated heterocycles. The van der Waals surface area contributed by atoms with Gasteiger partial charge in [0.05, 0.1) is 11.1 Å². The van der Waals surface area contributed by atoms with E-state index in [2.05, 4.69) is 19.7 Å². The smallest absolute Gasteiger partial charge is 0.263 e. The number of hydrogen-bond donors (Lipinski definition) is 1. The Morgan fingerprint density at radius 3 is 2.66 bits per heavy atom. The lowest BCUT2D eigenvalue weighted by Crippen LogP contribution is -2.16. The topological polar surface area (TPSA) is 94.1 Å². The fourth-order valence-corrected chi connectivity index (χ4v) is 4.13. The van der Waals surface area contributed by atoms with Crippen LogP contribution in [0.25, 0.3) is 10.8 Å². The lowest BCUT2D eigenvalue weighted by Gasteiger charge is -2.13. The second-order valence-corrected chi connectivity index (χ2v) is 8.12. The summed E-state index contributed by atoms with van der Waals surface area (Å²) in [6, 6.07) is 15.9. The van der Waals surface area contributed by atoms with Gasteiger partial charge in [-0.3, -0.25) is 9.71 Å². The first kappa shape index (κ1) is 19.1. The maximum atomic E-state index is 13.0. The fraction of sp³-hybridized carbons (Fsp3) is 0.0500. The van der Waals surface area contributed by atoms with E-state index in [0.717, 1.165) is 10.9 Å². The zero-order valence-corrected chi connectivity index (χ0v) is 16.6. The van der Waals surface area contributed by atoms with Gasteiger partial charge >= 0.3 is 0 Å². The van der Waals surface area contributed by atoms with Gasteiger partial charge in [-0.15, -0.1) is 0 Å². The molecule has 0 aliphatic rings. The largest absolute Gasteiger partial charge is 0.470 e. The van der Waals surface area contributed by atoms with Crippen LogP contribution in [0, 0.1) is 0 Å². The summed E-state index contributed by atoms with van der Waals surface area (Å²) >= 11 is 5.92. The molecule has 0 aliphatic carbocycles. The summed E-state index contributed by atoms with van der Waals surface area (Å²) in [5.74, 6) is -0.0728. The highest BCUT2D eigenvalue weighted by molar-refractivity contribution is 7.93. The Balaban J connectivity index is 1.66. The van der Waals surface area contributed by atoms with Crippen molar-refractivity contribution in [2.45, 2.75) is 11.5 Å². The first-order chi connectivity index (χ1) is 14.0. The number of hydrogen-bond acceptors (Lipinski definition) is 6. The minimum absolute atomic E-state index is 0.0230. The average molecular weight is 427 g/mol. The van der Waals surface area contributed by atoms with E-state index < -0.39 is 10.0 Å². The number of nitrogens with one attached hydrogen (secondary N) is 1. The third kappa shape index (κ3) is 4.28. The molecule has 0 spiro atoms. The van der Waals surface area contributed by atoms with Gasteiger partial charge in [0.2, 0.25) is 5.82 Å². The highest BCUT2D eigenvalue weighted by Gasteiger charge is 2.21. The Kier molecular flexibility index (Phi) is 5.28. The summed E-state index contributed by atoms with van der Waals surface area (Å²) in [6.45, 7) is 0.131. The Bertz CT molecular complexity index is 1260. The van der Waals surface area contributed by atoms with Crippen molar-refractivity contribution in [3.05, 3.63) is 83.9 Å². The van der Waals surface area contributed by atoms with Crippen LogP contribution in [0.4, 0.5) is 5.82 Å². The maximum absolute atomic E-state index is 13.0. The number of rotatable bonds is 6. The average Bonchev–Trinajstić information content (AvgIpc) is 2.74. The number of aromatic nitrogens is 3. The molecule has 29 heavy (non-hydrogen) atoms. The summed E-state index contributed by atoms with van der Waals surface area (Å²) in [7, 11) is -3.95. The molecule has 0 atom stereocenters. The van der Waals surface area contributed by atoms with Gasteiger partial charge < -0.3 is 4.74 Å². The molecule has 1 N–H and O–H groups in total. The van der Waals surface area contributed by atoms with Crippen molar-refractivity contribution in [3.63, 3.8) is 0 Å². The van der Waals surface area contributed by atoms with Crippen LogP contribution in [-0.2, 0) is 16.6 Å². The molecular weight excluding hydrogens is 412 g/mol. The van der Waals surface area contributed by atoms with E-state index in [1.165, 1.54) is 12.3 Å². The van der Waals surface area contributed by atoms with Gasteiger partial charge in [-0.25, -0.2) is 13.4 Å². The molecule has 4 rings (SSSR count). The van der Waals surface area contributed by atoms with Gasteiger partial charge in [0, 0.05) is 23.3 Å². The first-order valence-electron chi connectivity index (χ1n) is 8.58. The zero-order valence-electron chi connectivity index (χ0n) is 15.0. The number of benzene rings is 2. The van der Waals surface area contributed by atoms with Crippen LogP contribution in [0.2, 0.25) is 5.15 Å². The van der Waals surface area contributed by atoms with Gasteiger partial charge in [-0.2, -0.15) is 4.98 Å². The second kappa shape index (κ2) is 8.02. The van der Waals surface area contributed by atoms with Crippen molar-refractivity contribution in [2.24, 2.45) is 0 Å². The number of pyridine rings is 1. The second-order valence-electron chi connectivity index (χ2n) is 6.08. The number of ether oxygens (including phenoxy) is 1. The molecule has 0 fully saturated rings. The molecule has 7 nitrogen and oxygen atoms in total. The Hall–Kier alpha value is -3.23. The van der Waals surface area contributed by atoms with E-state index in [9.17, 15) is 8.42 Å². The number of sulfonamides is 1. The van der Waals surface area contributed by atoms with Crippen molar-refractivity contribution in [1.82, 2.24) is 15.0 Å². The van der Waals surface area contributed by atoms with Gasteiger partial charge in [0.15, 0.2) is 5.15 Å². The molecule has 9 heteroatoms. The highest BCUT2D eigenvalue weighted by Crippen LogP contribution is 2.28. The zero-order chi connectivity index (χ0) is 20.3. The van der Waals surface area contributed by atoms with E-state index in [1.807, 2.05) is 24.3 Å². The van der Waals surface area contributed by atoms with Gasteiger partial charge in [-0.05, 0) is 17.5 Å². The third-order valence-corrected chi connectivity index (χ3v) is 5.66. The summed E-state index contributed by atoms with van der Waals surface area (Å²) in [5.41, 5.74) is 0.789. The van der Waals surface area contributed by atoms with Gasteiger partial charge in [0.25, 0.3) is 15.9 Å². The number of nitrogens with zero attached hydrogens (tertiary/aromatic N) is 3. The van der Waals surface area contributed by atoms with E-state index in [-0.39, 0.29) is 28.4 Å². The van der Waals surface area contributed by atoms with Crippen molar-refractivity contribution < 1.29 is 13.2 Å². The van der Waals surface area contributed by atoms with Crippen LogP contribution in [0.3, 0.4) is 0 Å². The molecule has 0 bridgehead atoms. The number of fused-ring (bicyclic) bond motifs is 1. The lowest BCUT2D eigenvalue weighted by atomic mass is 10.1. The maximum Gasteiger partial charge on any atom is 0.263 e. The molecule has 2 aromatic carbocycles. The van der Waals surface area contributed by atoms with Crippen LogP contribution < -0.4 is 9.46 Å². The van der Waals surface area contributed by atoms with Crippen LogP contribution in [0.15, 0.2) is 78.1 Å². The normalized spacial score (nSPS) is 11.3. The Morgan fingerprint density at radius 1 is 1.00 bits per heavy atom. The molecule has 0 aliphatic heterocycles. The van der Waals surface area contributed by atoms with Crippen LogP contribution >= 0.6 is 11.6 Å². The van der Waals surface area contributed by atoms with Crippen LogP contribution in [-0.4, -0.2) is 23.4 Å². The third-order valence-electron chi connectivity index (χ3n) is 4.08. The number of halogens is 1. The SMILES string of the molecule is O=S(=O)(Nc1ncc(Cl)nc1OCc1cccnc1)c1cccc2ccccc12. The predicted molar refractivity (Wildman–Crippen MR) is 110 cm³/mol. The molecule has 4 aromatic rings. The number of anilines is 1. The van der Waals surface area contributed by atoms with E-state index in [4.69, 9.17) is 16.3 Å². The summed E-state index contributed by atoms with van der Waals surface area (Å²) in [6.07, 6.45) is 4.53. The van der Waals surface area contributed by atoms with E-state index in [1.54, 1.807) is 36.7 Å². The van der Waals surface area contributed by atoms with E-state index in [0.29, 0.717) is 5.39 Å². The predicted octanol–water partition coefficient (Wildman–Crippen LogP) is 4.06. The molecule has 2 heterocycles. The molecule has 0 amide bonds. The molecule has 2 aromatic heterocycles. The van der Waals surface area contributed by atoms with E-state index >= 15 is 0 Å². The summed E-state index contributed by atoms with van der Waals surface area (Å²) < 4.78 is 34.2. The van der Waals surface area contributed by atoms with Crippen molar-refractivity contribution in [3.8, 4) is 5.88 Å². The van der Waals surface area contributed by atoms with Gasteiger partial charge in [-0.1, -0.05) is 54.1 Å². The highest BCUT2D eigenvalue weighted by atomic mass is 35.5. The van der Waals surface area contributed by atoms with Crippen LogP contribution in [0.1, 0.15) is 5.56 Å². The molecule has 0 radical (unpaired) electrons. The molecule has 0 unspecified atom stereocenters. The minimum atomic E-state index is -3.95. The van der Waals surface area contributed by atoms with Crippen LogP contribution in [0.5, 0.6) is 5.88 Å². The molecular formula is C20H15ClN4O3S. The van der Waals surface area contributed by atoms with Crippen molar-refractivity contribution in [1.29, 1.82) is 0 Å². The Labute approximate surface area is 172 Å². The standard InChI is InChI=1S/C20H15ClN4O3S/c21-18-12-23-19(20(24-18)28-13-14-5-4-10-22-11-14)25-29(26,27)17-9-3-7-15-6-1-2-8-16(15)17/h1-12H,13H2,(H,23,25). The molecule has 146 valence electrons. The lowest BCUT2D eigenvalue weighted by molar-refractivity contribution is 0.294. The molecule has 0 saturated carbocycles. The van der Waals surface area contributed by atoms with Gasteiger partial charge in [0.1, 0.15) is 6.61 Å². The Morgan fingerprint density at radius 2 is 1.83 bits per heavy atom.